The molecule has 0 aliphatic heterocycles. The van der Waals surface area contributed by atoms with Gasteiger partial charge < -0.3 is 9.73 Å². The molecule has 0 fully saturated rings. The monoisotopic (exact) mass is 369 g/mol. The minimum absolute atomic E-state index is 0.0400. The van der Waals surface area contributed by atoms with Crippen LogP contribution in [0.15, 0.2) is 94.1 Å². The van der Waals surface area contributed by atoms with Gasteiger partial charge in [0, 0.05) is 17.5 Å². The average Bonchev–Trinajstić information content (AvgIpc) is 2.73. The average molecular weight is 369 g/mol. The summed E-state index contributed by atoms with van der Waals surface area (Å²) in [5, 5.41) is 3.77. The summed E-state index contributed by atoms with van der Waals surface area (Å²) in [7, 11) is 0. The zero-order valence-electron chi connectivity index (χ0n) is 15.2. The molecule has 1 N–H and O–H groups in total. The zero-order valence-corrected chi connectivity index (χ0v) is 15.2. The molecule has 1 amide bonds. The number of aryl methyl sites for hydroxylation is 1. The third kappa shape index (κ3) is 4.01. The van der Waals surface area contributed by atoms with Crippen LogP contribution in [-0.2, 0) is 11.2 Å². The van der Waals surface area contributed by atoms with Crippen molar-refractivity contribution in [3.05, 3.63) is 101 Å². The van der Waals surface area contributed by atoms with Gasteiger partial charge in [0.05, 0.1) is 5.56 Å². The largest absolute Gasteiger partial charge is 0.422 e. The number of carbonyl (C=O) groups is 1. The van der Waals surface area contributed by atoms with Gasteiger partial charge in [-0.25, -0.2) is 4.79 Å². The van der Waals surface area contributed by atoms with Crippen LogP contribution in [0.5, 0.6) is 0 Å². The molecular formula is C24H19NO3. The first kappa shape index (κ1) is 17.7. The molecule has 1 aromatic heterocycles. The highest BCUT2D eigenvalue weighted by molar-refractivity contribution is 5.91. The highest BCUT2D eigenvalue weighted by atomic mass is 16.4. The summed E-state index contributed by atoms with van der Waals surface area (Å²) in [6.45, 7) is 0. The van der Waals surface area contributed by atoms with Crippen molar-refractivity contribution in [1.82, 2.24) is 0 Å². The van der Waals surface area contributed by atoms with Gasteiger partial charge in [0.25, 0.3) is 0 Å². The molecule has 28 heavy (non-hydrogen) atoms. The minimum Gasteiger partial charge on any atom is -0.422 e. The molecule has 4 aromatic rings. The molecule has 0 bridgehead atoms. The molecular weight excluding hydrogens is 350 g/mol. The van der Waals surface area contributed by atoms with E-state index in [0.717, 1.165) is 16.5 Å². The van der Waals surface area contributed by atoms with Gasteiger partial charge in [0.15, 0.2) is 0 Å². The van der Waals surface area contributed by atoms with Crippen molar-refractivity contribution < 1.29 is 9.21 Å². The molecule has 138 valence electrons. The van der Waals surface area contributed by atoms with E-state index in [-0.39, 0.29) is 11.5 Å². The Kier molecular flexibility index (Phi) is 5.02. The summed E-state index contributed by atoms with van der Waals surface area (Å²) in [5.41, 5.74) is 3.28. The standard InChI is InChI=1S/C24H19NO3/c26-23(15-10-17-6-2-1-3-7-17)25-20-13-11-18(12-14-20)21-16-19-8-4-5-9-22(19)28-24(21)27/h1-9,11-14,16H,10,15H2,(H,25,26). The molecule has 4 heteroatoms. The number of hydrogen-bond donors (Lipinski definition) is 1. The summed E-state index contributed by atoms with van der Waals surface area (Å²) in [5.74, 6) is -0.0400. The Bertz CT molecular complexity index is 1160. The van der Waals surface area contributed by atoms with Crippen molar-refractivity contribution in [3.63, 3.8) is 0 Å². The maximum absolute atomic E-state index is 12.3. The normalized spacial score (nSPS) is 10.7. The Morgan fingerprint density at radius 1 is 0.857 bits per heavy atom. The van der Waals surface area contributed by atoms with E-state index in [0.29, 0.717) is 29.7 Å². The van der Waals surface area contributed by atoms with E-state index >= 15 is 0 Å². The highest BCUT2D eigenvalue weighted by Gasteiger charge is 2.08. The second kappa shape index (κ2) is 7.92. The lowest BCUT2D eigenvalue weighted by molar-refractivity contribution is -0.116. The molecule has 0 saturated carbocycles. The second-order valence-corrected chi connectivity index (χ2v) is 6.60. The first-order chi connectivity index (χ1) is 13.7. The number of para-hydroxylation sites is 1. The lowest BCUT2D eigenvalue weighted by atomic mass is 10.1. The number of fused-ring (bicyclic) bond motifs is 1. The van der Waals surface area contributed by atoms with Crippen molar-refractivity contribution >= 4 is 22.6 Å². The van der Waals surface area contributed by atoms with E-state index in [1.54, 1.807) is 18.2 Å². The molecule has 3 aromatic carbocycles. The third-order valence-electron chi connectivity index (χ3n) is 4.60. The third-order valence-corrected chi connectivity index (χ3v) is 4.60. The van der Waals surface area contributed by atoms with Crippen LogP contribution in [0, 0.1) is 0 Å². The lowest BCUT2D eigenvalue weighted by Gasteiger charge is -2.07. The van der Waals surface area contributed by atoms with Crippen LogP contribution in [0.3, 0.4) is 0 Å². The molecule has 0 aliphatic rings. The Balaban J connectivity index is 1.46. The van der Waals surface area contributed by atoms with E-state index < -0.39 is 0 Å². The summed E-state index contributed by atoms with van der Waals surface area (Å²) < 4.78 is 5.39. The van der Waals surface area contributed by atoms with Gasteiger partial charge >= 0.3 is 5.63 Å². The number of amides is 1. The fourth-order valence-corrected chi connectivity index (χ4v) is 3.12. The Morgan fingerprint density at radius 2 is 1.57 bits per heavy atom. The molecule has 0 spiro atoms. The molecule has 0 aliphatic carbocycles. The Hall–Kier alpha value is -3.66. The summed E-state index contributed by atoms with van der Waals surface area (Å²) >= 11 is 0. The van der Waals surface area contributed by atoms with Gasteiger partial charge in [-0.3, -0.25) is 4.79 Å². The predicted octanol–water partition coefficient (Wildman–Crippen LogP) is 5.03. The van der Waals surface area contributed by atoms with E-state index in [1.165, 1.54) is 0 Å². The maximum atomic E-state index is 12.3. The van der Waals surface area contributed by atoms with Crippen LogP contribution in [-0.4, -0.2) is 5.91 Å². The Labute approximate surface area is 162 Å². The maximum Gasteiger partial charge on any atom is 0.344 e. The number of nitrogens with one attached hydrogen (secondary N) is 1. The molecule has 0 saturated heterocycles. The first-order valence-corrected chi connectivity index (χ1v) is 9.16. The van der Waals surface area contributed by atoms with Crippen LogP contribution in [0.4, 0.5) is 5.69 Å². The fraction of sp³-hybridized carbons (Fsp3) is 0.0833. The van der Waals surface area contributed by atoms with Crippen molar-refractivity contribution in [1.29, 1.82) is 0 Å². The quantitative estimate of drug-likeness (QED) is 0.502. The van der Waals surface area contributed by atoms with Gasteiger partial charge in [-0.1, -0.05) is 60.7 Å². The Morgan fingerprint density at radius 3 is 2.36 bits per heavy atom. The van der Waals surface area contributed by atoms with Gasteiger partial charge in [-0.2, -0.15) is 0 Å². The van der Waals surface area contributed by atoms with E-state index in [9.17, 15) is 9.59 Å². The van der Waals surface area contributed by atoms with Crippen molar-refractivity contribution in [2.45, 2.75) is 12.8 Å². The molecule has 0 atom stereocenters. The molecule has 1 heterocycles. The van der Waals surface area contributed by atoms with E-state index in [2.05, 4.69) is 5.32 Å². The molecule has 0 unspecified atom stereocenters. The molecule has 4 nitrogen and oxygen atoms in total. The number of benzene rings is 3. The first-order valence-electron chi connectivity index (χ1n) is 9.16. The predicted molar refractivity (Wildman–Crippen MR) is 111 cm³/mol. The van der Waals surface area contributed by atoms with E-state index in [4.69, 9.17) is 4.42 Å². The lowest BCUT2D eigenvalue weighted by Crippen LogP contribution is -2.12. The second-order valence-electron chi connectivity index (χ2n) is 6.60. The van der Waals surface area contributed by atoms with Crippen LogP contribution in [0.25, 0.3) is 22.1 Å². The van der Waals surface area contributed by atoms with Gasteiger partial charge in [0.2, 0.25) is 5.91 Å². The topological polar surface area (TPSA) is 59.3 Å². The SMILES string of the molecule is O=C(CCc1ccccc1)Nc1ccc(-c2cc3ccccc3oc2=O)cc1. The number of carbonyl (C=O) groups excluding carboxylic acids is 1. The number of rotatable bonds is 5. The van der Waals surface area contributed by atoms with Crippen molar-refractivity contribution in [2.75, 3.05) is 5.32 Å². The van der Waals surface area contributed by atoms with Crippen LogP contribution in [0.2, 0.25) is 0 Å². The van der Waals surface area contributed by atoms with Crippen molar-refractivity contribution in [3.8, 4) is 11.1 Å². The number of hydrogen-bond acceptors (Lipinski definition) is 3. The van der Waals surface area contributed by atoms with Crippen LogP contribution in [0.1, 0.15) is 12.0 Å². The smallest absolute Gasteiger partial charge is 0.344 e. The summed E-state index contributed by atoms with van der Waals surface area (Å²) in [6, 6.07) is 26.4. The summed E-state index contributed by atoms with van der Waals surface area (Å²) in [4.78, 5) is 24.4. The minimum atomic E-state index is -0.377. The highest BCUT2D eigenvalue weighted by Crippen LogP contribution is 2.22. The van der Waals surface area contributed by atoms with E-state index in [1.807, 2.05) is 66.7 Å². The molecule has 0 radical (unpaired) electrons. The van der Waals surface area contributed by atoms with Crippen LogP contribution >= 0.6 is 0 Å². The van der Waals surface area contributed by atoms with Crippen LogP contribution < -0.4 is 10.9 Å². The van der Waals surface area contributed by atoms with Crippen molar-refractivity contribution in [2.24, 2.45) is 0 Å². The summed E-state index contributed by atoms with van der Waals surface area (Å²) in [6.07, 6.45) is 1.11. The van der Waals surface area contributed by atoms with Gasteiger partial charge in [-0.15, -0.1) is 0 Å². The number of anilines is 1. The van der Waals surface area contributed by atoms with Gasteiger partial charge in [0.1, 0.15) is 5.58 Å². The fourth-order valence-electron chi connectivity index (χ4n) is 3.12. The van der Waals surface area contributed by atoms with Gasteiger partial charge in [-0.05, 0) is 41.8 Å². The molecule has 4 rings (SSSR count). The zero-order chi connectivity index (χ0) is 19.3.